The SMILES string of the molecule is [CH3][Sn]([CH3])([C]1=CC=CC1)[C]1=CC=CC1. The van der Waals surface area contributed by atoms with Gasteiger partial charge in [0.05, 0.1) is 0 Å². The van der Waals surface area contributed by atoms with Crippen LogP contribution in [-0.4, -0.2) is 18.4 Å². The van der Waals surface area contributed by atoms with Crippen LogP contribution in [0.2, 0.25) is 9.88 Å². The van der Waals surface area contributed by atoms with Gasteiger partial charge in [-0.15, -0.1) is 0 Å². The molecule has 0 aromatic carbocycles. The normalized spacial score (nSPS) is 20.8. The molecule has 0 N–H and O–H groups in total. The summed E-state index contributed by atoms with van der Waals surface area (Å²) in [6, 6.07) is 0. The van der Waals surface area contributed by atoms with Crippen molar-refractivity contribution in [2.75, 3.05) is 0 Å². The quantitative estimate of drug-likeness (QED) is 0.678. The minimum atomic E-state index is -2.01. The molecule has 0 saturated carbocycles. The summed E-state index contributed by atoms with van der Waals surface area (Å²) in [5.41, 5.74) is 0. The molecule has 0 fully saturated rings. The third-order valence-electron chi connectivity index (χ3n) is 3.15. The summed E-state index contributed by atoms with van der Waals surface area (Å²) in [5, 5.41) is 0. The van der Waals surface area contributed by atoms with Crippen LogP contribution in [0, 0.1) is 0 Å². The summed E-state index contributed by atoms with van der Waals surface area (Å²) in [6.07, 6.45) is 16.2. The van der Waals surface area contributed by atoms with Crippen LogP contribution in [0.15, 0.2) is 43.6 Å². The fraction of sp³-hybridized carbons (Fsp3) is 0.333. The third-order valence-corrected chi connectivity index (χ3v) is 14.4. The average molecular weight is 279 g/mol. The number of hydrogen-bond donors (Lipinski definition) is 0. The molecule has 0 saturated heterocycles. The van der Waals surface area contributed by atoms with E-state index in [4.69, 9.17) is 0 Å². The first-order chi connectivity index (χ1) is 6.21. The number of hydrogen-bond acceptors (Lipinski definition) is 0. The van der Waals surface area contributed by atoms with Crippen LogP contribution in [0.25, 0.3) is 0 Å². The fourth-order valence-corrected chi connectivity index (χ4v) is 9.72. The van der Waals surface area contributed by atoms with Gasteiger partial charge >= 0.3 is 84.7 Å². The Morgan fingerprint density at radius 1 is 0.923 bits per heavy atom. The summed E-state index contributed by atoms with van der Waals surface area (Å²) >= 11 is -2.01. The van der Waals surface area contributed by atoms with E-state index >= 15 is 0 Å². The van der Waals surface area contributed by atoms with Crippen LogP contribution in [0.3, 0.4) is 0 Å². The van der Waals surface area contributed by atoms with Gasteiger partial charge in [0.15, 0.2) is 0 Å². The summed E-state index contributed by atoms with van der Waals surface area (Å²) in [6.45, 7) is 0. The molecule has 0 heterocycles. The molecule has 0 unspecified atom stereocenters. The molecule has 0 nitrogen and oxygen atoms in total. The zero-order valence-electron chi connectivity index (χ0n) is 8.38. The zero-order valence-corrected chi connectivity index (χ0v) is 11.2. The predicted octanol–water partition coefficient (Wildman–Crippen LogP) is 3.55. The second-order valence-corrected chi connectivity index (χ2v) is 17.2. The van der Waals surface area contributed by atoms with Gasteiger partial charge in [-0.2, -0.15) is 0 Å². The van der Waals surface area contributed by atoms with Gasteiger partial charge in [-0.1, -0.05) is 0 Å². The molecule has 0 aliphatic heterocycles. The van der Waals surface area contributed by atoms with Crippen molar-refractivity contribution in [3.63, 3.8) is 0 Å². The van der Waals surface area contributed by atoms with Crippen molar-refractivity contribution in [1.82, 2.24) is 0 Å². The first-order valence-electron chi connectivity index (χ1n) is 4.93. The number of rotatable bonds is 2. The van der Waals surface area contributed by atoms with Gasteiger partial charge in [-0.3, -0.25) is 0 Å². The van der Waals surface area contributed by atoms with E-state index in [0.29, 0.717) is 0 Å². The Morgan fingerprint density at radius 3 is 1.69 bits per heavy atom. The maximum atomic E-state index is 2.53. The molecule has 2 aliphatic rings. The summed E-state index contributed by atoms with van der Waals surface area (Å²) in [4.78, 5) is 5.07. The zero-order chi connectivity index (χ0) is 9.31. The van der Waals surface area contributed by atoms with Gasteiger partial charge < -0.3 is 0 Å². The van der Waals surface area contributed by atoms with Crippen LogP contribution in [0.4, 0.5) is 0 Å². The molecule has 0 aromatic rings. The Labute approximate surface area is 84.6 Å². The van der Waals surface area contributed by atoms with Crippen LogP contribution in [0.5, 0.6) is 0 Å². The minimum absolute atomic E-state index is 1.22. The molecular formula is C12H16Sn. The van der Waals surface area contributed by atoms with Crippen molar-refractivity contribution in [2.45, 2.75) is 22.7 Å². The first kappa shape index (κ1) is 9.32. The van der Waals surface area contributed by atoms with Gasteiger partial charge in [0.25, 0.3) is 0 Å². The Bertz CT molecular complexity index is 295. The maximum absolute atomic E-state index is 2.53. The fourth-order valence-electron chi connectivity index (χ4n) is 2.03. The van der Waals surface area contributed by atoms with Crippen molar-refractivity contribution >= 4 is 18.4 Å². The van der Waals surface area contributed by atoms with Crippen molar-refractivity contribution in [3.8, 4) is 0 Å². The standard InChI is InChI=1S/2C5H5.2CH3.Sn/c2*1-2-4-5-3-1;;;/h2*1-3H,4H2;2*1H3;. The van der Waals surface area contributed by atoms with E-state index in [1.165, 1.54) is 12.8 Å². The first-order valence-corrected chi connectivity index (χ1v) is 13.5. The summed E-state index contributed by atoms with van der Waals surface area (Å²) in [7, 11) is 0. The topological polar surface area (TPSA) is 0 Å². The van der Waals surface area contributed by atoms with Crippen molar-refractivity contribution in [2.24, 2.45) is 0 Å². The Hall–Kier alpha value is -0.241. The second kappa shape index (κ2) is 3.49. The van der Waals surface area contributed by atoms with Crippen LogP contribution < -0.4 is 0 Å². The van der Waals surface area contributed by atoms with E-state index in [9.17, 15) is 0 Å². The molecule has 68 valence electrons. The van der Waals surface area contributed by atoms with E-state index in [1.54, 1.807) is 7.18 Å². The van der Waals surface area contributed by atoms with Gasteiger partial charge in [-0.05, 0) is 0 Å². The van der Waals surface area contributed by atoms with E-state index in [1.807, 2.05) is 0 Å². The molecule has 1 heteroatoms. The van der Waals surface area contributed by atoms with Crippen LogP contribution in [0.1, 0.15) is 12.8 Å². The van der Waals surface area contributed by atoms with E-state index in [-0.39, 0.29) is 0 Å². The van der Waals surface area contributed by atoms with E-state index < -0.39 is 18.4 Å². The van der Waals surface area contributed by atoms with Crippen molar-refractivity contribution in [3.05, 3.63) is 43.6 Å². The number of allylic oxidation sites excluding steroid dienone is 8. The van der Waals surface area contributed by atoms with Crippen molar-refractivity contribution < 1.29 is 0 Å². The summed E-state index contributed by atoms with van der Waals surface area (Å²) in [5.74, 6) is 0. The third kappa shape index (κ3) is 1.69. The summed E-state index contributed by atoms with van der Waals surface area (Å²) < 4.78 is 3.51. The molecule has 2 rings (SSSR count). The van der Waals surface area contributed by atoms with E-state index in [0.717, 1.165) is 0 Å². The molecule has 0 radical (unpaired) electrons. The van der Waals surface area contributed by atoms with Crippen LogP contribution in [-0.2, 0) is 0 Å². The van der Waals surface area contributed by atoms with Gasteiger partial charge in [0.2, 0.25) is 0 Å². The van der Waals surface area contributed by atoms with Crippen LogP contribution >= 0.6 is 0 Å². The molecule has 2 aliphatic carbocycles. The molecular weight excluding hydrogens is 263 g/mol. The monoisotopic (exact) mass is 280 g/mol. The molecule has 13 heavy (non-hydrogen) atoms. The Balaban J connectivity index is 2.20. The second-order valence-electron chi connectivity index (χ2n) is 4.27. The predicted molar refractivity (Wildman–Crippen MR) is 61.2 cm³/mol. The molecule has 0 aromatic heterocycles. The van der Waals surface area contributed by atoms with Crippen molar-refractivity contribution in [1.29, 1.82) is 0 Å². The molecule has 0 atom stereocenters. The average Bonchev–Trinajstić information content (AvgIpc) is 2.78. The van der Waals surface area contributed by atoms with Gasteiger partial charge in [0, 0.05) is 0 Å². The Kier molecular flexibility index (Phi) is 2.50. The van der Waals surface area contributed by atoms with Gasteiger partial charge in [0.1, 0.15) is 0 Å². The van der Waals surface area contributed by atoms with Gasteiger partial charge in [-0.25, -0.2) is 0 Å². The Morgan fingerprint density at radius 2 is 1.38 bits per heavy atom. The molecule has 0 bridgehead atoms. The molecule has 0 spiro atoms. The van der Waals surface area contributed by atoms with E-state index in [2.05, 4.69) is 46.3 Å². The molecule has 0 amide bonds.